The zero-order valence-corrected chi connectivity index (χ0v) is 36.8. The fourth-order valence-electron chi connectivity index (χ4n) is 12.6. The molecule has 0 amide bonds. The molecule has 0 N–H and O–H groups in total. The minimum absolute atomic E-state index is 0.239. The third kappa shape index (κ3) is 4.80. The van der Waals surface area contributed by atoms with Crippen LogP contribution < -0.4 is 4.90 Å². The molecule has 14 rings (SSSR count). The molecule has 3 aliphatic rings. The van der Waals surface area contributed by atoms with Gasteiger partial charge in [-0.2, -0.15) is 0 Å². The summed E-state index contributed by atoms with van der Waals surface area (Å²) in [6.07, 6.45) is 0. The fraction of sp³-hybridized carbons (Fsp3) is 0.0625. The number of nitrogens with zero attached hydrogens (tertiary/aromatic N) is 2. The van der Waals surface area contributed by atoms with Gasteiger partial charge in [-0.05, 0) is 103 Å². The first-order valence-corrected chi connectivity index (χ1v) is 23.2. The van der Waals surface area contributed by atoms with Gasteiger partial charge in [-0.25, -0.2) is 0 Å². The van der Waals surface area contributed by atoms with Crippen LogP contribution in [0.4, 0.5) is 17.1 Å². The van der Waals surface area contributed by atoms with Crippen molar-refractivity contribution in [2.45, 2.75) is 24.7 Å². The van der Waals surface area contributed by atoms with Gasteiger partial charge in [0.25, 0.3) is 0 Å². The molecule has 2 aliphatic carbocycles. The molecule has 0 unspecified atom stereocenters. The molecule has 0 bridgehead atoms. The average molecular weight is 841 g/mol. The Morgan fingerprint density at radius 2 is 0.848 bits per heavy atom. The molecule has 0 fully saturated rings. The maximum atomic E-state index is 2.57. The molecule has 2 nitrogen and oxygen atoms in total. The van der Waals surface area contributed by atoms with Gasteiger partial charge < -0.3 is 9.47 Å². The van der Waals surface area contributed by atoms with Crippen LogP contribution in [-0.2, 0) is 10.8 Å². The molecule has 0 saturated carbocycles. The Hall–Kier alpha value is -8.20. The van der Waals surface area contributed by atoms with Crippen LogP contribution in [0.1, 0.15) is 47.2 Å². The van der Waals surface area contributed by atoms with Crippen LogP contribution >= 0.6 is 0 Å². The number of para-hydroxylation sites is 3. The highest BCUT2D eigenvalue weighted by Gasteiger charge is 2.52. The summed E-state index contributed by atoms with van der Waals surface area (Å²) in [7, 11) is 0. The van der Waals surface area contributed by atoms with E-state index in [9.17, 15) is 0 Å². The molecule has 11 aromatic rings. The van der Waals surface area contributed by atoms with Crippen LogP contribution in [0.3, 0.4) is 0 Å². The van der Waals surface area contributed by atoms with Crippen molar-refractivity contribution in [2.24, 2.45) is 0 Å². The van der Waals surface area contributed by atoms with Gasteiger partial charge in [-0.3, -0.25) is 0 Å². The maximum absolute atomic E-state index is 2.57. The molecular formula is C64H44N2. The number of hydrogen-bond acceptors (Lipinski definition) is 1. The number of hydrogen-bond donors (Lipinski definition) is 0. The SMILES string of the molecule is CC1(C)c2ccccc2-c2cccc(N(c3ccc(-c4ccccc4)cc3)c3ccccc3-c3cccc4c3C3(c5ccccc5-c5ccccc53)c3cccc5c6ccccc6n-4c35)c21. The molecular weight excluding hydrogens is 797 g/mol. The summed E-state index contributed by atoms with van der Waals surface area (Å²) in [5, 5.41) is 2.56. The molecule has 1 aromatic heterocycles. The molecule has 66 heavy (non-hydrogen) atoms. The predicted molar refractivity (Wildman–Crippen MR) is 275 cm³/mol. The average Bonchev–Trinajstić information content (AvgIpc) is 3.96. The largest absolute Gasteiger partial charge is 0.310 e. The molecule has 310 valence electrons. The molecule has 10 aromatic carbocycles. The van der Waals surface area contributed by atoms with E-state index >= 15 is 0 Å². The molecule has 0 saturated heterocycles. The molecule has 0 atom stereocenters. The topological polar surface area (TPSA) is 8.17 Å². The summed E-state index contributed by atoms with van der Waals surface area (Å²) in [6.45, 7) is 4.80. The van der Waals surface area contributed by atoms with Crippen LogP contribution in [0.15, 0.2) is 231 Å². The van der Waals surface area contributed by atoms with Gasteiger partial charge in [-0.15, -0.1) is 0 Å². The quantitative estimate of drug-likeness (QED) is 0.168. The summed E-state index contributed by atoms with van der Waals surface area (Å²) in [5.74, 6) is 0. The lowest BCUT2D eigenvalue weighted by Gasteiger charge is -2.41. The van der Waals surface area contributed by atoms with Gasteiger partial charge in [0.1, 0.15) is 0 Å². The van der Waals surface area contributed by atoms with Crippen LogP contribution in [0.25, 0.3) is 72.0 Å². The third-order valence-corrected chi connectivity index (χ3v) is 15.2. The van der Waals surface area contributed by atoms with Crippen molar-refractivity contribution >= 4 is 38.9 Å². The van der Waals surface area contributed by atoms with Crippen LogP contribution in [0.5, 0.6) is 0 Å². The van der Waals surface area contributed by atoms with Gasteiger partial charge in [0, 0.05) is 33.0 Å². The lowest BCUT2D eigenvalue weighted by molar-refractivity contribution is 0.661. The molecule has 1 spiro atoms. The number of anilines is 3. The maximum Gasteiger partial charge on any atom is 0.0760 e. The number of rotatable bonds is 5. The smallest absolute Gasteiger partial charge is 0.0760 e. The first-order valence-electron chi connectivity index (χ1n) is 23.2. The van der Waals surface area contributed by atoms with Gasteiger partial charge in [-0.1, -0.05) is 208 Å². The number of fused-ring (bicyclic) bond motifs is 15. The van der Waals surface area contributed by atoms with E-state index in [0.717, 1.165) is 11.4 Å². The van der Waals surface area contributed by atoms with E-state index in [-0.39, 0.29) is 5.41 Å². The van der Waals surface area contributed by atoms with Crippen LogP contribution in [-0.4, -0.2) is 4.57 Å². The lowest BCUT2D eigenvalue weighted by atomic mass is 9.63. The fourth-order valence-corrected chi connectivity index (χ4v) is 12.6. The first-order chi connectivity index (χ1) is 32.5. The standard InChI is InChI=1S/C64H44N2/c1-63(2)52-29-11-6-23-46(52)49-26-17-35-58(60(49)63)65(43-39-37-42(38-40-43)41-19-4-3-5-20-41)56-33-14-9-24-47(56)50-27-18-36-59-61(50)64(53-30-12-7-21-44(53)45-22-8-13-31-54(45)64)55-32-16-28-51-48-25-10-15-34-57(48)66(59)62(51)55/h3-40H,1-2H3. The van der Waals surface area contributed by atoms with E-state index < -0.39 is 5.41 Å². The summed E-state index contributed by atoms with van der Waals surface area (Å²) >= 11 is 0. The monoisotopic (exact) mass is 840 g/mol. The van der Waals surface area contributed by atoms with Crippen molar-refractivity contribution in [2.75, 3.05) is 4.90 Å². The van der Waals surface area contributed by atoms with Crippen molar-refractivity contribution < 1.29 is 0 Å². The van der Waals surface area contributed by atoms with E-state index in [4.69, 9.17) is 0 Å². The van der Waals surface area contributed by atoms with Gasteiger partial charge in [0.2, 0.25) is 0 Å². The highest BCUT2D eigenvalue weighted by molar-refractivity contribution is 6.13. The molecule has 0 radical (unpaired) electrons. The molecule has 1 aliphatic heterocycles. The van der Waals surface area contributed by atoms with Crippen molar-refractivity contribution in [1.29, 1.82) is 0 Å². The van der Waals surface area contributed by atoms with Gasteiger partial charge in [0.15, 0.2) is 0 Å². The van der Waals surface area contributed by atoms with Crippen molar-refractivity contribution in [3.63, 3.8) is 0 Å². The van der Waals surface area contributed by atoms with E-state index in [0.29, 0.717) is 0 Å². The zero-order chi connectivity index (χ0) is 43.7. The Balaban J connectivity index is 1.10. The lowest BCUT2D eigenvalue weighted by Crippen LogP contribution is -2.34. The third-order valence-electron chi connectivity index (χ3n) is 15.2. The molecule has 2 heterocycles. The highest BCUT2D eigenvalue weighted by atomic mass is 15.1. The Labute approximate surface area is 385 Å². The minimum atomic E-state index is -0.601. The second-order valence-corrected chi connectivity index (χ2v) is 18.7. The Morgan fingerprint density at radius 3 is 1.59 bits per heavy atom. The van der Waals surface area contributed by atoms with Gasteiger partial charge in [0.05, 0.1) is 33.5 Å². The second kappa shape index (κ2) is 13.7. The van der Waals surface area contributed by atoms with E-state index in [1.54, 1.807) is 0 Å². The predicted octanol–water partition coefficient (Wildman–Crippen LogP) is 16.6. The number of aromatic nitrogens is 1. The summed E-state index contributed by atoms with van der Waals surface area (Å²) in [6, 6.07) is 86.4. The summed E-state index contributed by atoms with van der Waals surface area (Å²) in [4.78, 5) is 2.55. The van der Waals surface area contributed by atoms with Crippen LogP contribution in [0.2, 0.25) is 0 Å². The molecule has 2 heteroatoms. The van der Waals surface area contributed by atoms with Crippen molar-refractivity contribution in [3.05, 3.63) is 264 Å². The zero-order valence-electron chi connectivity index (χ0n) is 36.8. The summed E-state index contributed by atoms with van der Waals surface area (Å²) in [5.41, 5.74) is 24.3. The van der Waals surface area contributed by atoms with E-state index in [1.807, 2.05) is 0 Å². The first kappa shape index (κ1) is 37.2. The Bertz CT molecular complexity index is 3750. The Morgan fingerprint density at radius 1 is 0.348 bits per heavy atom. The normalized spacial score (nSPS) is 14.2. The second-order valence-electron chi connectivity index (χ2n) is 18.7. The van der Waals surface area contributed by atoms with Crippen molar-refractivity contribution in [1.82, 2.24) is 4.57 Å². The van der Waals surface area contributed by atoms with Gasteiger partial charge >= 0.3 is 0 Å². The summed E-state index contributed by atoms with van der Waals surface area (Å²) < 4.78 is 2.57. The minimum Gasteiger partial charge on any atom is -0.310 e. The highest BCUT2D eigenvalue weighted by Crippen LogP contribution is 2.63. The Kier molecular flexibility index (Phi) is 7.70. The number of benzene rings is 10. The van der Waals surface area contributed by atoms with E-state index in [1.165, 1.54) is 111 Å². The van der Waals surface area contributed by atoms with Crippen molar-refractivity contribution in [3.8, 4) is 50.2 Å². The van der Waals surface area contributed by atoms with Crippen LogP contribution in [0, 0.1) is 0 Å². The van der Waals surface area contributed by atoms with E-state index in [2.05, 4.69) is 254 Å².